The first-order valence-electron chi connectivity index (χ1n) is 7.59. The second-order valence-corrected chi connectivity index (χ2v) is 6.83. The first-order chi connectivity index (χ1) is 10.7. The topological polar surface area (TPSA) is 99.7 Å². The Kier molecular flexibility index (Phi) is 4.58. The lowest BCUT2D eigenvalue weighted by Crippen LogP contribution is -2.47. The Morgan fingerprint density at radius 3 is 2.65 bits per heavy atom. The molecule has 126 valence electrons. The van der Waals surface area contributed by atoms with Crippen molar-refractivity contribution in [2.45, 2.75) is 51.6 Å². The van der Waals surface area contributed by atoms with Gasteiger partial charge in [-0.25, -0.2) is 0 Å². The molecule has 0 aromatic carbocycles. The number of nitro groups is 1. The minimum atomic E-state index is -1.54. The maximum atomic E-state index is 12.8. The summed E-state index contributed by atoms with van der Waals surface area (Å²) in [5.41, 5.74) is -2.33. The van der Waals surface area contributed by atoms with E-state index < -0.39 is 34.4 Å². The summed E-state index contributed by atoms with van der Waals surface area (Å²) < 4.78 is 10.7. The van der Waals surface area contributed by atoms with E-state index in [1.54, 1.807) is 32.9 Å². The Labute approximate surface area is 134 Å². The van der Waals surface area contributed by atoms with E-state index in [0.29, 0.717) is 6.42 Å². The first kappa shape index (κ1) is 17.2. The highest BCUT2D eigenvalue weighted by Crippen LogP contribution is 2.48. The molecule has 0 bridgehead atoms. The minimum absolute atomic E-state index is 0.216. The molecule has 2 atom stereocenters. The van der Waals surface area contributed by atoms with Crippen LogP contribution in [-0.4, -0.2) is 28.8 Å². The molecular formula is C16H21NO6. The fraction of sp³-hybridized carbons (Fsp3) is 0.625. The zero-order valence-electron chi connectivity index (χ0n) is 13.5. The summed E-state index contributed by atoms with van der Waals surface area (Å²) >= 11 is 0. The zero-order valence-corrected chi connectivity index (χ0v) is 13.5. The fourth-order valence-corrected chi connectivity index (χ4v) is 3.11. The smallest absolute Gasteiger partial charge is 0.321 e. The predicted octanol–water partition coefficient (Wildman–Crippen LogP) is 2.72. The van der Waals surface area contributed by atoms with E-state index in [1.165, 1.54) is 6.26 Å². The highest BCUT2D eigenvalue weighted by atomic mass is 16.6. The molecule has 0 amide bonds. The van der Waals surface area contributed by atoms with Gasteiger partial charge in [-0.15, -0.1) is 0 Å². The van der Waals surface area contributed by atoms with E-state index in [-0.39, 0.29) is 24.4 Å². The molecule has 1 saturated carbocycles. The summed E-state index contributed by atoms with van der Waals surface area (Å²) in [5.74, 6) is -1.70. The number of carbonyl (C=O) groups is 2. The molecule has 2 rings (SSSR count). The molecule has 0 saturated heterocycles. The van der Waals surface area contributed by atoms with Crippen LogP contribution in [0.5, 0.6) is 0 Å². The van der Waals surface area contributed by atoms with Gasteiger partial charge < -0.3 is 9.15 Å². The van der Waals surface area contributed by atoms with Gasteiger partial charge >= 0.3 is 5.97 Å². The summed E-state index contributed by atoms with van der Waals surface area (Å²) in [4.78, 5) is 36.0. The van der Waals surface area contributed by atoms with Gasteiger partial charge in [0.15, 0.2) is 5.78 Å². The van der Waals surface area contributed by atoms with Crippen molar-refractivity contribution in [3.8, 4) is 0 Å². The summed E-state index contributed by atoms with van der Waals surface area (Å²) in [5, 5.41) is 11.1. The number of furan rings is 1. The quantitative estimate of drug-likeness (QED) is 0.357. The minimum Gasteiger partial charge on any atom is -0.469 e. The van der Waals surface area contributed by atoms with Crippen molar-refractivity contribution in [3.63, 3.8) is 0 Å². The van der Waals surface area contributed by atoms with Gasteiger partial charge in [0, 0.05) is 11.3 Å². The molecule has 1 heterocycles. The molecule has 1 aliphatic carbocycles. The van der Waals surface area contributed by atoms with Crippen LogP contribution >= 0.6 is 0 Å². The van der Waals surface area contributed by atoms with Crippen LogP contribution < -0.4 is 0 Å². The average Bonchev–Trinajstić information content (AvgIpc) is 3.03. The molecule has 1 aliphatic rings. The largest absolute Gasteiger partial charge is 0.469 e. The highest BCUT2D eigenvalue weighted by molar-refractivity contribution is 6.06. The SMILES string of the molecule is CC(C)(C)OC(=O)C1(C(C[N+](=O)[O-])c2ccco2)CCCC1=O. The number of ketones is 1. The molecule has 0 spiro atoms. The summed E-state index contributed by atoms with van der Waals surface area (Å²) in [7, 11) is 0. The monoisotopic (exact) mass is 323 g/mol. The van der Waals surface area contributed by atoms with Gasteiger partial charge in [0.25, 0.3) is 0 Å². The second kappa shape index (κ2) is 6.14. The van der Waals surface area contributed by atoms with Gasteiger partial charge in [0.05, 0.1) is 6.26 Å². The lowest BCUT2D eigenvalue weighted by molar-refractivity contribution is -0.486. The Hall–Kier alpha value is -2.18. The number of Topliss-reactive ketones (excluding diaryl/α,β-unsaturated/α-hetero) is 1. The van der Waals surface area contributed by atoms with Gasteiger partial charge in [-0.1, -0.05) is 0 Å². The van der Waals surface area contributed by atoms with E-state index >= 15 is 0 Å². The third kappa shape index (κ3) is 3.43. The lowest BCUT2D eigenvalue weighted by Gasteiger charge is -2.33. The van der Waals surface area contributed by atoms with Gasteiger partial charge in [-0.3, -0.25) is 19.7 Å². The Morgan fingerprint density at radius 2 is 2.22 bits per heavy atom. The van der Waals surface area contributed by atoms with Crippen molar-refractivity contribution in [3.05, 3.63) is 34.3 Å². The fourth-order valence-electron chi connectivity index (χ4n) is 3.11. The molecule has 2 unspecified atom stereocenters. The number of esters is 1. The summed E-state index contributed by atoms with van der Waals surface area (Å²) in [6, 6.07) is 3.15. The number of carbonyl (C=O) groups excluding carboxylic acids is 2. The van der Waals surface area contributed by atoms with Crippen LogP contribution in [0, 0.1) is 15.5 Å². The van der Waals surface area contributed by atoms with Crippen molar-refractivity contribution < 1.29 is 23.7 Å². The van der Waals surface area contributed by atoms with E-state index in [4.69, 9.17) is 9.15 Å². The van der Waals surface area contributed by atoms with Gasteiger partial charge in [0.2, 0.25) is 6.54 Å². The van der Waals surface area contributed by atoms with Gasteiger partial charge in [-0.2, -0.15) is 0 Å². The van der Waals surface area contributed by atoms with Crippen LogP contribution in [0.3, 0.4) is 0 Å². The molecule has 1 aromatic heterocycles. The molecule has 7 nitrogen and oxygen atoms in total. The van der Waals surface area contributed by atoms with E-state index in [2.05, 4.69) is 0 Å². The maximum absolute atomic E-state index is 12.8. The van der Waals surface area contributed by atoms with Gasteiger partial charge in [0.1, 0.15) is 22.7 Å². The van der Waals surface area contributed by atoms with Gasteiger partial charge in [-0.05, 0) is 45.7 Å². The van der Waals surface area contributed by atoms with Crippen LogP contribution in [0.1, 0.15) is 51.7 Å². The number of nitrogens with zero attached hydrogens (tertiary/aromatic N) is 1. The molecule has 0 aliphatic heterocycles. The van der Waals surface area contributed by atoms with Crippen LogP contribution in [0.25, 0.3) is 0 Å². The Morgan fingerprint density at radius 1 is 1.52 bits per heavy atom. The lowest BCUT2D eigenvalue weighted by atomic mass is 9.71. The summed E-state index contributed by atoms with van der Waals surface area (Å²) in [6.45, 7) is 4.55. The van der Waals surface area contributed by atoms with Crippen molar-refractivity contribution >= 4 is 11.8 Å². The van der Waals surface area contributed by atoms with Crippen LogP contribution in [0.4, 0.5) is 0 Å². The van der Waals surface area contributed by atoms with Crippen molar-refractivity contribution in [2.75, 3.05) is 6.54 Å². The number of ether oxygens (including phenoxy) is 1. The third-order valence-electron chi connectivity index (χ3n) is 4.05. The highest BCUT2D eigenvalue weighted by Gasteiger charge is 2.59. The molecule has 7 heteroatoms. The van der Waals surface area contributed by atoms with Crippen molar-refractivity contribution in [1.82, 2.24) is 0 Å². The standard InChI is InChI=1S/C16H21NO6/c1-15(2,3)23-14(19)16(8-4-7-13(16)18)11(10-17(20)21)12-6-5-9-22-12/h5-6,9,11H,4,7-8,10H2,1-3H3. The molecule has 23 heavy (non-hydrogen) atoms. The average molecular weight is 323 g/mol. The number of hydrogen-bond donors (Lipinski definition) is 0. The van der Waals surface area contributed by atoms with E-state index in [9.17, 15) is 19.7 Å². The van der Waals surface area contributed by atoms with Crippen LogP contribution in [-0.2, 0) is 14.3 Å². The molecule has 0 radical (unpaired) electrons. The van der Waals surface area contributed by atoms with E-state index in [1.807, 2.05) is 0 Å². The Bertz CT molecular complexity index is 601. The Balaban J connectivity index is 2.48. The molecule has 1 fully saturated rings. The molecular weight excluding hydrogens is 302 g/mol. The third-order valence-corrected chi connectivity index (χ3v) is 4.05. The number of hydrogen-bond acceptors (Lipinski definition) is 6. The van der Waals surface area contributed by atoms with Crippen LogP contribution in [0.15, 0.2) is 22.8 Å². The first-order valence-corrected chi connectivity index (χ1v) is 7.59. The van der Waals surface area contributed by atoms with E-state index in [0.717, 1.165) is 0 Å². The summed E-state index contributed by atoms with van der Waals surface area (Å²) in [6.07, 6.45) is 2.34. The predicted molar refractivity (Wildman–Crippen MR) is 80.4 cm³/mol. The normalized spacial score (nSPS) is 22.8. The molecule has 1 aromatic rings. The van der Waals surface area contributed by atoms with Crippen LogP contribution in [0.2, 0.25) is 0 Å². The van der Waals surface area contributed by atoms with Crippen molar-refractivity contribution in [1.29, 1.82) is 0 Å². The second-order valence-electron chi connectivity index (χ2n) is 6.83. The van der Waals surface area contributed by atoms with Crippen molar-refractivity contribution in [2.24, 2.45) is 5.41 Å². The molecule has 0 N–H and O–H groups in total. The number of rotatable bonds is 5. The zero-order chi connectivity index (χ0) is 17.3. The maximum Gasteiger partial charge on any atom is 0.321 e.